The van der Waals surface area contributed by atoms with Gasteiger partial charge < -0.3 is 0 Å². The lowest BCUT2D eigenvalue weighted by Gasteiger charge is -2.21. The summed E-state index contributed by atoms with van der Waals surface area (Å²) in [4.78, 5) is 15.0. The highest BCUT2D eigenvalue weighted by molar-refractivity contribution is 7.94. The van der Waals surface area contributed by atoms with Gasteiger partial charge in [-0.2, -0.15) is 4.31 Å². The fourth-order valence-corrected chi connectivity index (χ4v) is 6.94. The third-order valence-electron chi connectivity index (χ3n) is 6.76. The molecule has 0 fully saturated rings. The second-order valence-corrected chi connectivity index (χ2v) is 12.1. The number of sulfonamides is 1. The standard InChI is InChI=1S/C31H31N3O5S2/c1-4-20-34(21-5-2)41(35,36)25-12-8-23(9-13-25)27-17-19-33-31-29(27)15-14-28-26(16-18-32-30(28)31)22-6-10-24(11-7-22)40-39-38-37-3/h6-19H,4-5,20-21H2,1-3H3. The van der Waals surface area contributed by atoms with Crippen molar-refractivity contribution in [3.63, 3.8) is 0 Å². The number of aromatic nitrogens is 2. The maximum absolute atomic E-state index is 13.2. The van der Waals surface area contributed by atoms with Gasteiger partial charge in [0.25, 0.3) is 0 Å². The van der Waals surface area contributed by atoms with Crippen LogP contribution < -0.4 is 0 Å². The van der Waals surface area contributed by atoms with E-state index in [-0.39, 0.29) is 0 Å². The van der Waals surface area contributed by atoms with Crippen LogP contribution >= 0.6 is 12.0 Å². The Balaban J connectivity index is 1.50. The van der Waals surface area contributed by atoms with Crippen molar-refractivity contribution in [2.45, 2.75) is 36.5 Å². The summed E-state index contributed by atoms with van der Waals surface area (Å²) < 4.78 is 32.9. The van der Waals surface area contributed by atoms with Crippen LogP contribution in [0.3, 0.4) is 0 Å². The van der Waals surface area contributed by atoms with Crippen molar-refractivity contribution in [3.05, 3.63) is 85.2 Å². The van der Waals surface area contributed by atoms with E-state index in [1.165, 1.54) is 7.11 Å². The third kappa shape index (κ3) is 6.13. The Morgan fingerprint density at radius 3 is 1.73 bits per heavy atom. The van der Waals surface area contributed by atoms with Crippen LogP contribution in [-0.4, -0.2) is 42.9 Å². The molecule has 0 unspecified atom stereocenters. The van der Waals surface area contributed by atoms with Gasteiger partial charge in [-0.1, -0.05) is 55.3 Å². The van der Waals surface area contributed by atoms with Crippen molar-refractivity contribution >= 4 is 43.9 Å². The summed E-state index contributed by atoms with van der Waals surface area (Å²) in [5.41, 5.74) is 5.53. The van der Waals surface area contributed by atoms with E-state index in [1.54, 1.807) is 28.8 Å². The highest BCUT2D eigenvalue weighted by atomic mass is 32.2. The summed E-state index contributed by atoms with van der Waals surface area (Å²) >= 11 is 1.06. The van der Waals surface area contributed by atoms with E-state index in [1.807, 2.05) is 62.4 Å². The number of rotatable bonds is 12. The van der Waals surface area contributed by atoms with Gasteiger partial charge in [0, 0.05) is 41.2 Å². The van der Waals surface area contributed by atoms with Crippen LogP contribution in [0.5, 0.6) is 0 Å². The summed E-state index contributed by atoms with van der Waals surface area (Å²) in [6, 6.07) is 23.1. The molecule has 10 heteroatoms. The predicted octanol–water partition coefficient (Wildman–Crippen LogP) is 7.44. The average molecular weight is 590 g/mol. The Bertz CT molecular complexity index is 1740. The van der Waals surface area contributed by atoms with Crippen molar-refractivity contribution in [2.24, 2.45) is 0 Å². The topological polar surface area (TPSA) is 90.9 Å². The lowest BCUT2D eigenvalue weighted by Crippen LogP contribution is -2.32. The largest absolute Gasteiger partial charge is 0.254 e. The Kier molecular flexibility index (Phi) is 9.29. The van der Waals surface area contributed by atoms with Crippen molar-refractivity contribution in [1.29, 1.82) is 0 Å². The number of hydrogen-bond acceptors (Lipinski definition) is 8. The quantitative estimate of drug-likeness (QED) is 0.0487. The second kappa shape index (κ2) is 13.1. The Labute approximate surface area is 244 Å². The van der Waals surface area contributed by atoms with E-state index < -0.39 is 10.0 Å². The van der Waals surface area contributed by atoms with Crippen LogP contribution in [0, 0.1) is 0 Å². The molecule has 5 rings (SSSR count). The highest BCUT2D eigenvalue weighted by Gasteiger charge is 2.23. The molecule has 41 heavy (non-hydrogen) atoms. The molecule has 2 aromatic heterocycles. The first-order chi connectivity index (χ1) is 20.0. The molecule has 0 aliphatic rings. The molecule has 0 N–H and O–H groups in total. The van der Waals surface area contributed by atoms with Crippen LogP contribution in [0.4, 0.5) is 0 Å². The maximum Gasteiger partial charge on any atom is 0.243 e. The molecule has 0 aliphatic carbocycles. The maximum atomic E-state index is 13.2. The molecule has 0 amide bonds. The fraction of sp³-hybridized carbons (Fsp3) is 0.226. The van der Waals surface area contributed by atoms with Crippen LogP contribution in [0.1, 0.15) is 26.7 Å². The minimum Gasteiger partial charge on any atom is -0.254 e. The van der Waals surface area contributed by atoms with E-state index in [9.17, 15) is 8.42 Å². The molecule has 3 aromatic carbocycles. The van der Waals surface area contributed by atoms with Crippen molar-refractivity contribution in [1.82, 2.24) is 14.3 Å². The zero-order valence-corrected chi connectivity index (χ0v) is 24.7. The zero-order chi connectivity index (χ0) is 28.8. The SMILES string of the molecule is CCCN(CCC)S(=O)(=O)c1ccc(-c2ccnc3c2ccc2c(-c4ccc(SOOOC)cc4)ccnc23)cc1. The van der Waals surface area contributed by atoms with E-state index in [4.69, 9.17) is 14.3 Å². The highest BCUT2D eigenvalue weighted by Crippen LogP contribution is 2.36. The monoisotopic (exact) mass is 589 g/mol. The van der Waals surface area contributed by atoms with Crippen LogP contribution in [0.2, 0.25) is 0 Å². The molecule has 212 valence electrons. The second-order valence-electron chi connectivity index (χ2n) is 9.41. The number of benzene rings is 3. The number of pyridine rings is 2. The number of fused-ring (bicyclic) bond motifs is 3. The van der Waals surface area contributed by atoms with Crippen molar-refractivity contribution < 1.29 is 22.7 Å². The smallest absolute Gasteiger partial charge is 0.243 e. The first kappa shape index (κ1) is 29.1. The molecule has 0 atom stereocenters. The first-order valence-corrected chi connectivity index (χ1v) is 15.6. The van der Waals surface area contributed by atoms with E-state index in [0.29, 0.717) is 18.0 Å². The van der Waals surface area contributed by atoms with Gasteiger partial charge >= 0.3 is 0 Å². The molecule has 0 saturated carbocycles. The molecule has 0 radical (unpaired) electrons. The van der Waals surface area contributed by atoms with E-state index >= 15 is 0 Å². The van der Waals surface area contributed by atoms with Gasteiger partial charge in [-0.3, -0.25) is 9.97 Å². The first-order valence-electron chi connectivity index (χ1n) is 13.4. The van der Waals surface area contributed by atoms with Gasteiger partial charge in [-0.15, -0.1) is 4.33 Å². The molecule has 0 saturated heterocycles. The lowest BCUT2D eigenvalue weighted by molar-refractivity contribution is -0.447. The van der Waals surface area contributed by atoms with Gasteiger partial charge in [0.1, 0.15) is 0 Å². The van der Waals surface area contributed by atoms with E-state index in [2.05, 4.69) is 22.1 Å². The third-order valence-corrected chi connectivity index (χ3v) is 9.26. The molecule has 8 nitrogen and oxygen atoms in total. The summed E-state index contributed by atoms with van der Waals surface area (Å²) in [5, 5.41) is 6.39. The van der Waals surface area contributed by atoms with Gasteiger partial charge in [-0.05, 0) is 71.5 Å². The molecule has 0 bridgehead atoms. The Morgan fingerprint density at radius 1 is 0.732 bits per heavy atom. The summed E-state index contributed by atoms with van der Waals surface area (Å²) in [6.07, 6.45) is 5.11. The number of nitrogens with zero attached hydrogens (tertiary/aromatic N) is 3. The molecule has 0 aliphatic heterocycles. The van der Waals surface area contributed by atoms with Crippen LogP contribution in [0.15, 0.2) is 95.0 Å². The summed E-state index contributed by atoms with van der Waals surface area (Å²) in [6.45, 7) is 5.00. The molecule has 2 heterocycles. The molecule has 0 spiro atoms. The van der Waals surface area contributed by atoms with Crippen LogP contribution in [-0.2, 0) is 24.3 Å². The zero-order valence-electron chi connectivity index (χ0n) is 23.1. The molecular weight excluding hydrogens is 558 g/mol. The minimum absolute atomic E-state index is 0.306. The summed E-state index contributed by atoms with van der Waals surface area (Å²) in [5.74, 6) is 0. The molecular formula is C31H31N3O5S2. The van der Waals surface area contributed by atoms with Gasteiger partial charge in [0.2, 0.25) is 10.0 Å². The normalized spacial score (nSPS) is 12.0. The average Bonchev–Trinajstić information content (AvgIpc) is 3.01. The fourth-order valence-electron chi connectivity index (χ4n) is 4.91. The Hall–Kier alpha value is -3.38. The summed E-state index contributed by atoms with van der Waals surface area (Å²) in [7, 11) is -2.17. The Morgan fingerprint density at radius 2 is 1.24 bits per heavy atom. The molecule has 5 aromatic rings. The van der Waals surface area contributed by atoms with Crippen molar-refractivity contribution in [3.8, 4) is 22.3 Å². The van der Waals surface area contributed by atoms with Crippen LogP contribution in [0.25, 0.3) is 44.1 Å². The van der Waals surface area contributed by atoms with Gasteiger partial charge in [-0.25, -0.2) is 13.3 Å². The van der Waals surface area contributed by atoms with Crippen molar-refractivity contribution in [2.75, 3.05) is 20.2 Å². The van der Waals surface area contributed by atoms with Gasteiger partial charge in [0.15, 0.2) is 0 Å². The number of hydrogen-bond donors (Lipinski definition) is 0. The minimum atomic E-state index is -3.54. The van der Waals surface area contributed by atoms with Gasteiger partial charge in [0.05, 0.1) is 35.1 Å². The van der Waals surface area contributed by atoms with E-state index in [0.717, 1.165) is 73.8 Å². The lowest BCUT2D eigenvalue weighted by atomic mass is 9.96. The predicted molar refractivity (Wildman–Crippen MR) is 162 cm³/mol.